The largest absolute Gasteiger partial charge is 0.486 e. The summed E-state index contributed by atoms with van der Waals surface area (Å²) in [5.41, 5.74) is 0.346. The minimum absolute atomic E-state index is 0.148. The van der Waals surface area contributed by atoms with Gasteiger partial charge in [-0.25, -0.2) is 8.42 Å². The monoisotopic (exact) mass is 459 g/mol. The van der Waals surface area contributed by atoms with Crippen molar-refractivity contribution in [3.05, 3.63) is 54.1 Å². The lowest BCUT2D eigenvalue weighted by Gasteiger charge is -2.32. The van der Waals surface area contributed by atoms with Gasteiger partial charge in [-0.05, 0) is 44.3 Å². The second-order valence-electron chi connectivity index (χ2n) is 8.08. The quantitative estimate of drug-likeness (QED) is 0.657. The first-order valence-electron chi connectivity index (χ1n) is 10.8. The molecule has 0 N–H and O–H groups in total. The van der Waals surface area contributed by atoms with Gasteiger partial charge in [-0.1, -0.05) is 18.2 Å². The molecule has 32 heavy (non-hydrogen) atoms. The molecule has 2 aliphatic heterocycles. The maximum absolute atomic E-state index is 13.2. The predicted octanol–water partition coefficient (Wildman–Crippen LogP) is 1.92. The molecule has 2 aromatic carbocycles. The van der Waals surface area contributed by atoms with E-state index in [1.165, 1.54) is 10.4 Å². The first-order chi connectivity index (χ1) is 15.4. The Balaban J connectivity index is 1.47. The highest BCUT2D eigenvalue weighted by molar-refractivity contribution is 7.89. The maximum atomic E-state index is 13.2. The zero-order chi connectivity index (χ0) is 22.7. The normalized spacial score (nSPS) is 19.5. The second kappa shape index (κ2) is 9.48. The Hall–Kier alpha value is -2.62. The predicted molar refractivity (Wildman–Crippen MR) is 121 cm³/mol. The number of piperazine rings is 1. The molecule has 4 rings (SSSR count). The van der Waals surface area contributed by atoms with Crippen molar-refractivity contribution in [1.82, 2.24) is 14.1 Å². The minimum Gasteiger partial charge on any atom is -0.486 e. The number of nitrogens with zero attached hydrogens (tertiary/aromatic N) is 3. The molecular formula is C23H29N3O5S. The van der Waals surface area contributed by atoms with E-state index in [9.17, 15) is 13.2 Å². The summed E-state index contributed by atoms with van der Waals surface area (Å²) >= 11 is 0. The molecule has 0 aliphatic carbocycles. The van der Waals surface area contributed by atoms with E-state index in [2.05, 4.69) is 4.90 Å². The molecule has 1 amide bonds. The van der Waals surface area contributed by atoms with Crippen LogP contribution < -0.4 is 9.47 Å². The molecule has 2 heterocycles. The fourth-order valence-corrected chi connectivity index (χ4v) is 5.37. The Labute approximate surface area is 189 Å². The van der Waals surface area contributed by atoms with E-state index < -0.39 is 10.0 Å². The Morgan fingerprint density at radius 1 is 1.06 bits per heavy atom. The van der Waals surface area contributed by atoms with Crippen LogP contribution in [0, 0.1) is 0 Å². The van der Waals surface area contributed by atoms with Gasteiger partial charge in [0.05, 0.1) is 11.4 Å². The molecule has 2 aromatic rings. The first-order valence-corrected chi connectivity index (χ1v) is 12.3. The van der Waals surface area contributed by atoms with Gasteiger partial charge in [0.25, 0.3) is 5.91 Å². The van der Waals surface area contributed by atoms with E-state index in [0.717, 1.165) is 0 Å². The number of hydrogen-bond acceptors (Lipinski definition) is 6. The van der Waals surface area contributed by atoms with Gasteiger partial charge < -0.3 is 19.3 Å². The number of para-hydroxylation sites is 2. The van der Waals surface area contributed by atoms with Crippen molar-refractivity contribution < 1.29 is 22.7 Å². The number of amides is 1. The van der Waals surface area contributed by atoms with Crippen LogP contribution in [0.2, 0.25) is 0 Å². The van der Waals surface area contributed by atoms with Crippen molar-refractivity contribution >= 4 is 15.9 Å². The van der Waals surface area contributed by atoms with E-state index in [4.69, 9.17) is 9.47 Å². The number of fused-ring (bicyclic) bond motifs is 1. The van der Waals surface area contributed by atoms with E-state index in [0.29, 0.717) is 62.9 Å². The molecule has 1 fully saturated rings. The van der Waals surface area contributed by atoms with Crippen LogP contribution in [0.4, 0.5) is 0 Å². The lowest BCUT2D eigenvalue weighted by molar-refractivity contribution is 0.0474. The highest BCUT2D eigenvalue weighted by Gasteiger charge is 2.29. The van der Waals surface area contributed by atoms with Crippen molar-refractivity contribution in [2.75, 3.05) is 52.9 Å². The van der Waals surface area contributed by atoms with Crippen molar-refractivity contribution in [3.63, 3.8) is 0 Å². The summed E-state index contributed by atoms with van der Waals surface area (Å²) in [6.45, 7) is 5.31. The summed E-state index contributed by atoms with van der Waals surface area (Å²) in [5.74, 6) is 1.12. The Morgan fingerprint density at radius 3 is 2.50 bits per heavy atom. The summed E-state index contributed by atoms with van der Waals surface area (Å²) in [6.07, 6.45) is -0.300. The fraction of sp³-hybridized carbons (Fsp3) is 0.435. The number of hydrogen-bond donors (Lipinski definition) is 0. The SMILES string of the molecule is CCN(CC1COc2ccccc2O1)C(=O)c1cccc(S(=O)(=O)N2CCN(C)CC2)c1. The van der Waals surface area contributed by atoms with Crippen LogP contribution in [-0.4, -0.2) is 87.5 Å². The lowest BCUT2D eigenvalue weighted by Crippen LogP contribution is -2.47. The van der Waals surface area contributed by atoms with Crippen molar-refractivity contribution in [2.45, 2.75) is 17.9 Å². The molecule has 1 atom stereocenters. The summed E-state index contributed by atoms with van der Waals surface area (Å²) in [5, 5.41) is 0. The van der Waals surface area contributed by atoms with Crippen LogP contribution >= 0.6 is 0 Å². The Kier molecular flexibility index (Phi) is 6.68. The third-order valence-electron chi connectivity index (χ3n) is 5.84. The third kappa shape index (κ3) is 4.74. The molecular weight excluding hydrogens is 430 g/mol. The van der Waals surface area contributed by atoms with Crippen LogP contribution in [0.25, 0.3) is 0 Å². The van der Waals surface area contributed by atoms with E-state index in [-0.39, 0.29) is 16.9 Å². The van der Waals surface area contributed by atoms with Gasteiger partial charge in [-0.15, -0.1) is 0 Å². The van der Waals surface area contributed by atoms with Gasteiger partial charge in [0, 0.05) is 38.3 Å². The number of rotatable bonds is 6. The van der Waals surface area contributed by atoms with Gasteiger partial charge in [-0.2, -0.15) is 4.31 Å². The number of benzene rings is 2. The third-order valence-corrected chi connectivity index (χ3v) is 7.74. The van der Waals surface area contributed by atoms with Crippen molar-refractivity contribution in [2.24, 2.45) is 0 Å². The van der Waals surface area contributed by atoms with Crippen LogP contribution in [0.15, 0.2) is 53.4 Å². The molecule has 1 saturated heterocycles. The lowest BCUT2D eigenvalue weighted by atomic mass is 10.2. The molecule has 8 nitrogen and oxygen atoms in total. The van der Waals surface area contributed by atoms with Gasteiger partial charge in [0.2, 0.25) is 10.0 Å². The fourth-order valence-electron chi connectivity index (χ4n) is 3.90. The molecule has 2 aliphatic rings. The van der Waals surface area contributed by atoms with E-state index in [1.54, 1.807) is 23.1 Å². The molecule has 172 valence electrons. The average Bonchev–Trinajstić information content (AvgIpc) is 2.82. The number of sulfonamides is 1. The molecule has 0 radical (unpaired) electrons. The van der Waals surface area contributed by atoms with Crippen LogP contribution in [0.1, 0.15) is 17.3 Å². The number of carbonyl (C=O) groups excluding carboxylic acids is 1. The highest BCUT2D eigenvalue weighted by Crippen LogP contribution is 2.31. The van der Waals surface area contributed by atoms with Crippen LogP contribution in [0.3, 0.4) is 0 Å². The summed E-state index contributed by atoms with van der Waals surface area (Å²) in [7, 11) is -1.67. The average molecular weight is 460 g/mol. The maximum Gasteiger partial charge on any atom is 0.254 e. The van der Waals surface area contributed by atoms with Crippen molar-refractivity contribution in [1.29, 1.82) is 0 Å². The Morgan fingerprint density at radius 2 is 1.78 bits per heavy atom. The number of likely N-dealkylation sites (N-methyl/N-ethyl adjacent to an activating group) is 2. The number of carbonyl (C=O) groups is 1. The molecule has 0 bridgehead atoms. The smallest absolute Gasteiger partial charge is 0.254 e. The zero-order valence-electron chi connectivity index (χ0n) is 18.4. The van der Waals surface area contributed by atoms with Gasteiger partial charge in [0.15, 0.2) is 17.6 Å². The summed E-state index contributed by atoms with van der Waals surface area (Å²) < 4.78 is 39.4. The topological polar surface area (TPSA) is 79.4 Å². The first kappa shape index (κ1) is 22.6. The van der Waals surface area contributed by atoms with Gasteiger partial charge in [-0.3, -0.25) is 4.79 Å². The minimum atomic E-state index is -3.64. The zero-order valence-corrected chi connectivity index (χ0v) is 19.3. The number of ether oxygens (including phenoxy) is 2. The molecule has 1 unspecified atom stereocenters. The van der Waals surface area contributed by atoms with Gasteiger partial charge >= 0.3 is 0 Å². The van der Waals surface area contributed by atoms with E-state index >= 15 is 0 Å². The van der Waals surface area contributed by atoms with Gasteiger partial charge in [0.1, 0.15) is 6.61 Å². The molecule has 0 aromatic heterocycles. The standard InChI is InChI=1S/C23H29N3O5S/c1-3-25(16-19-17-30-21-9-4-5-10-22(21)31-19)23(27)18-7-6-8-20(15-18)32(28,29)26-13-11-24(2)12-14-26/h4-10,15,19H,3,11-14,16-17H2,1-2H3. The molecule has 0 spiro atoms. The van der Waals surface area contributed by atoms with Crippen molar-refractivity contribution in [3.8, 4) is 11.5 Å². The Bertz CT molecular complexity index is 1070. The summed E-state index contributed by atoms with van der Waals surface area (Å²) in [6, 6.07) is 13.8. The van der Waals surface area contributed by atoms with Crippen LogP contribution in [0.5, 0.6) is 11.5 Å². The second-order valence-corrected chi connectivity index (χ2v) is 10.0. The van der Waals surface area contributed by atoms with Crippen LogP contribution in [-0.2, 0) is 10.0 Å². The highest BCUT2D eigenvalue weighted by atomic mass is 32.2. The molecule has 9 heteroatoms. The van der Waals surface area contributed by atoms with E-state index in [1.807, 2.05) is 38.2 Å². The molecule has 0 saturated carbocycles. The summed E-state index contributed by atoms with van der Waals surface area (Å²) in [4.78, 5) is 17.1.